The van der Waals surface area contributed by atoms with Gasteiger partial charge >= 0.3 is 0 Å². The molecule has 1 unspecified atom stereocenters. The van der Waals surface area contributed by atoms with Crippen LogP contribution in [0.1, 0.15) is 49.0 Å². The lowest BCUT2D eigenvalue weighted by molar-refractivity contribution is -0.118. The van der Waals surface area contributed by atoms with Gasteiger partial charge in [0.15, 0.2) is 0 Å². The number of anilines is 1. The minimum absolute atomic E-state index is 0.00562. The number of hydrogen-bond acceptors (Lipinski definition) is 5. The Bertz CT molecular complexity index is 653. The molecular formula is C16H21N5O3. The normalized spacial score (nSPS) is 24.7. The Kier molecular flexibility index (Phi) is 4.81. The molecule has 2 amide bonds. The number of carbonyl (C=O) groups is 2. The molecule has 0 spiro atoms. The maximum Gasteiger partial charge on any atom is 0.271 e. The van der Waals surface area contributed by atoms with E-state index >= 15 is 0 Å². The fourth-order valence-corrected chi connectivity index (χ4v) is 3.05. The van der Waals surface area contributed by atoms with Gasteiger partial charge in [-0.05, 0) is 44.4 Å². The van der Waals surface area contributed by atoms with Crippen LogP contribution < -0.4 is 10.6 Å². The summed E-state index contributed by atoms with van der Waals surface area (Å²) >= 11 is 0. The molecule has 1 aromatic heterocycles. The zero-order valence-electron chi connectivity index (χ0n) is 13.3. The minimum atomic E-state index is -0.685. The van der Waals surface area contributed by atoms with Crippen LogP contribution in [0, 0.1) is 23.2 Å². The van der Waals surface area contributed by atoms with E-state index in [1.165, 1.54) is 6.20 Å². The number of nitrogens with one attached hydrogen (secondary N) is 3. The fourth-order valence-electron chi connectivity index (χ4n) is 3.05. The van der Waals surface area contributed by atoms with E-state index in [0.717, 1.165) is 25.7 Å². The lowest BCUT2D eigenvalue weighted by Gasteiger charge is -2.26. The molecule has 1 atom stereocenters. The Hall–Kier alpha value is -2.40. The highest BCUT2D eigenvalue weighted by Gasteiger charge is 2.36. The number of carbonyl (C=O) groups excluding carboxylic acids is 2. The molecule has 2 aliphatic rings. The second-order valence-electron chi connectivity index (χ2n) is 6.57. The lowest BCUT2D eigenvalue weighted by atomic mass is 9.93. The summed E-state index contributed by atoms with van der Waals surface area (Å²) in [4.78, 5) is 24.6. The second kappa shape index (κ2) is 7.01. The van der Waals surface area contributed by atoms with E-state index < -0.39 is 11.8 Å². The molecule has 2 fully saturated rings. The second-order valence-corrected chi connectivity index (χ2v) is 6.57. The number of nitriles is 1. The molecule has 0 bridgehead atoms. The average Bonchev–Trinajstić information content (AvgIpc) is 3.28. The van der Waals surface area contributed by atoms with E-state index in [9.17, 15) is 14.7 Å². The van der Waals surface area contributed by atoms with Gasteiger partial charge < -0.3 is 15.7 Å². The standard InChI is InChI=1S/C16H21N5O3/c17-7-12(9-1-2-9)15(23)20-13-8-18-21-14(13)16(24)19-10-3-5-11(22)6-4-10/h8-12,22H,1-6H2,(H,18,21)(H,19,24)(H,20,23). The van der Waals surface area contributed by atoms with Gasteiger partial charge in [0.05, 0.1) is 24.1 Å². The van der Waals surface area contributed by atoms with Crippen LogP contribution >= 0.6 is 0 Å². The number of H-pyrrole nitrogens is 1. The van der Waals surface area contributed by atoms with Crippen molar-refractivity contribution < 1.29 is 14.7 Å². The Morgan fingerprint density at radius 2 is 2.00 bits per heavy atom. The first kappa shape index (κ1) is 16.5. The number of amides is 2. The number of aliphatic hydroxyl groups is 1. The van der Waals surface area contributed by atoms with Crippen molar-refractivity contribution in [2.75, 3.05) is 5.32 Å². The van der Waals surface area contributed by atoms with Crippen LogP contribution in [-0.4, -0.2) is 39.3 Å². The van der Waals surface area contributed by atoms with E-state index in [2.05, 4.69) is 20.8 Å². The predicted molar refractivity (Wildman–Crippen MR) is 84.8 cm³/mol. The molecule has 8 heteroatoms. The molecule has 2 aliphatic carbocycles. The molecule has 4 N–H and O–H groups in total. The first-order chi connectivity index (χ1) is 11.6. The highest BCUT2D eigenvalue weighted by molar-refractivity contribution is 6.03. The number of nitrogens with zero attached hydrogens (tertiary/aromatic N) is 2. The highest BCUT2D eigenvalue weighted by Crippen LogP contribution is 2.37. The fraction of sp³-hybridized carbons (Fsp3) is 0.625. The maximum atomic E-state index is 12.4. The maximum absolute atomic E-state index is 12.4. The van der Waals surface area contributed by atoms with Crippen molar-refractivity contribution >= 4 is 17.5 Å². The quantitative estimate of drug-likeness (QED) is 0.637. The van der Waals surface area contributed by atoms with E-state index in [-0.39, 0.29) is 35.4 Å². The highest BCUT2D eigenvalue weighted by atomic mass is 16.3. The molecule has 0 aromatic carbocycles. The van der Waals surface area contributed by atoms with E-state index in [0.29, 0.717) is 12.8 Å². The number of aromatic nitrogens is 2. The molecule has 0 radical (unpaired) electrons. The van der Waals surface area contributed by atoms with Crippen LogP contribution in [0.2, 0.25) is 0 Å². The Labute approximate surface area is 139 Å². The van der Waals surface area contributed by atoms with Gasteiger partial charge in [-0.15, -0.1) is 0 Å². The summed E-state index contributed by atoms with van der Waals surface area (Å²) in [7, 11) is 0. The largest absolute Gasteiger partial charge is 0.393 e. The third-order valence-corrected chi connectivity index (χ3v) is 4.67. The van der Waals surface area contributed by atoms with Gasteiger partial charge in [0.1, 0.15) is 11.6 Å². The Balaban J connectivity index is 1.61. The average molecular weight is 331 g/mol. The van der Waals surface area contributed by atoms with Crippen LogP contribution in [0.15, 0.2) is 6.20 Å². The monoisotopic (exact) mass is 331 g/mol. The molecule has 128 valence electrons. The van der Waals surface area contributed by atoms with Gasteiger partial charge in [0.2, 0.25) is 5.91 Å². The van der Waals surface area contributed by atoms with Gasteiger partial charge in [-0.2, -0.15) is 10.4 Å². The number of hydrogen-bond donors (Lipinski definition) is 4. The molecule has 0 aliphatic heterocycles. The first-order valence-corrected chi connectivity index (χ1v) is 8.31. The molecule has 8 nitrogen and oxygen atoms in total. The molecule has 2 saturated carbocycles. The number of rotatable bonds is 5. The topological polar surface area (TPSA) is 131 Å². The van der Waals surface area contributed by atoms with Gasteiger partial charge in [-0.3, -0.25) is 14.7 Å². The minimum Gasteiger partial charge on any atom is -0.393 e. The molecule has 1 aromatic rings. The zero-order valence-corrected chi connectivity index (χ0v) is 13.3. The van der Waals surface area contributed by atoms with Crippen molar-refractivity contribution in [3.05, 3.63) is 11.9 Å². The summed E-state index contributed by atoms with van der Waals surface area (Å²) in [6.45, 7) is 0. The molecule has 24 heavy (non-hydrogen) atoms. The summed E-state index contributed by atoms with van der Waals surface area (Å²) in [5.74, 6) is -1.30. The van der Waals surface area contributed by atoms with Crippen molar-refractivity contribution in [3.63, 3.8) is 0 Å². The third-order valence-electron chi connectivity index (χ3n) is 4.67. The van der Waals surface area contributed by atoms with Crippen LogP contribution in [-0.2, 0) is 4.79 Å². The lowest BCUT2D eigenvalue weighted by Crippen LogP contribution is -2.39. The molecular weight excluding hydrogens is 310 g/mol. The number of aliphatic hydroxyl groups excluding tert-OH is 1. The summed E-state index contributed by atoms with van der Waals surface area (Å²) in [5.41, 5.74) is 0.469. The number of aromatic amines is 1. The Morgan fingerprint density at radius 1 is 1.29 bits per heavy atom. The van der Waals surface area contributed by atoms with Crippen LogP contribution in [0.25, 0.3) is 0 Å². The molecule has 1 heterocycles. The van der Waals surface area contributed by atoms with Gasteiger partial charge in [0, 0.05) is 6.04 Å². The van der Waals surface area contributed by atoms with E-state index in [1.807, 2.05) is 6.07 Å². The first-order valence-electron chi connectivity index (χ1n) is 8.31. The van der Waals surface area contributed by atoms with Crippen molar-refractivity contribution in [2.24, 2.45) is 11.8 Å². The summed E-state index contributed by atoms with van der Waals surface area (Å²) < 4.78 is 0. The van der Waals surface area contributed by atoms with Crippen LogP contribution in [0.4, 0.5) is 5.69 Å². The van der Waals surface area contributed by atoms with Crippen molar-refractivity contribution in [2.45, 2.75) is 50.7 Å². The SMILES string of the molecule is N#CC(C(=O)Nc1cn[nH]c1C(=O)NC1CCC(O)CC1)C1CC1. The van der Waals surface area contributed by atoms with Crippen LogP contribution in [0.5, 0.6) is 0 Å². The zero-order chi connectivity index (χ0) is 17.1. The van der Waals surface area contributed by atoms with Crippen molar-refractivity contribution in [1.29, 1.82) is 5.26 Å². The van der Waals surface area contributed by atoms with E-state index in [1.54, 1.807) is 0 Å². The van der Waals surface area contributed by atoms with Gasteiger partial charge in [0.25, 0.3) is 5.91 Å². The van der Waals surface area contributed by atoms with E-state index in [4.69, 9.17) is 5.26 Å². The summed E-state index contributed by atoms with van der Waals surface area (Å²) in [5, 5.41) is 30.6. The smallest absolute Gasteiger partial charge is 0.271 e. The third kappa shape index (κ3) is 3.74. The molecule has 3 rings (SSSR count). The predicted octanol–water partition coefficient (Wildman–Crippen LogP) is 0.931. The summed E-state index contributed by atoms with van der Waals surface area (Å²) in [6, 6.07) is 2.03. The Morgan fingerprint density at radius 3 is 2.62 bits per heavy atom. The van der Waals surface area contributed by atoms with Gasteiger partial charge in [-0.25, -0.2) is 0 Å². The van der Waals surface area contributed by atoms with Gasteiger partial charge in [-0.1, -0.05) is 0 Å². The summed E-state index contributed by atoms with van der Waals surface area (Å²) in [6.07, 6.45) is 5.65. The van der Waals surface area contributed by atoms with Crippen molar-refractivity contribution in [1.82, 2.24) is 15.5 Å². The van der Waals surface area contributed by atoms with Crippen molar-refractivity contribution in [3.8, 4) is 6.07 Å². The molecule has 0 saturated heterocycles. The van der Waals surface area contributed by atoms with Crippen LogP contribution in [0.3, 0.4) is 0 Å².